The van der Waals surface area contributed by atoms with Crippen LogP contribution in [0.2, 0.25) is 0 Å². The largest absolute Gasteiger partial charge is 0.398 e. The van der Waals surface area contributed by atoms with E-state index in [2.05, 4.69) is 35.0 Å². The molecule has 0 saturated carbocycles. The van der Waals surface area contributed by atoms with Gasteiger partial charge in [0.15, 0.2) is 0 Å². The summed E-state index contributed by atoms with van der Waals surface area (Å²) in [6.45, 7) is 3.97. The molecule has 0 amide bonds. The second kappa shape index (κ2) is 4.33. The molecule has 92 valence electrons. The summed E-state index contributed by atoms with van der Waals surface area (Å²) in [6, 6.07) is 10.4. The second-order valence-electron chi connectivity index (χ2n) is 4.83. The van der Waals surface area contributed by atoms with Gasteiger partial charge in [-0.3, -0.25) is 4.98 Å². The van der Waals surface area contributed by atoms with E-state index < -0.39 is 0 Å². The average molecular weight is 239 g/mol. The highest BCUT2D eigenvalue weighted by Crippen LogP contribution is 2.32. The highest BCUT2D eigenvalue weighted by atomic mass is 15.2. The van der Waals surface area contributed by atoms with E-state index in [0.29, 0.717) is 0 Å². The molecule has 3 nitrogen and oxygen atoms in total. The van der Waals surface area contributed by atoms with Crippen LogP contribution in [-0.2, 0) is 13.0 Å². The van der Waals surface area contributed by atoms with E-state index >= 15 is 0 Å². The zero-order chi connectivity index (χ0) is 12.5. The minimum absolute atomic E-state index is 0.857. The number of hydrogen-bond donors (Lipinski definition) is 1. The summed E-state index contributed by atoms with van der Waals surface area (Å²) in [5.74, 6) is 0. The first-order valence-electron chi connectivity index (χ1n) is 6.28. The fourth-order valence-electron chi connectivity index (χ4n) is 2.49. The van der Waals surface area contributed by atoms with Crippen LogP contribution in [0, 0.1) is 6.92 Å². The van der Waals surface area contributed by atoms with Gasteiger partial charge in [0.05, 0.1) is 12.2 Å². The smallest absolute Gasteiger partial charge is 0.0602 e. The zero-order valence-electron chi connectivity index (χ0n) is 10.6. The molecule has 0 aliphatic carbocycles. The fraction of sp³-hybridized carbons (Fsp3) is 0.267. The summed E-state index contributed by atoms with van der Waals surface area (Å²) in [6.07, 6.45) is 2.94. The lowest BCUT2D eigenvalue weighted by molar-refractivity contribution is 0.814. The Balaban J connectivity index is 1.89. The monoisotopic (exact) mass is 239 g/mol. The van der Waals surface area contributed by atoms with Crippen LogP contribution in [0.3, 0.4) is 0 Å². The first-order chi connectivity index (χ1) is 8.74. The Bertz CT molecular complexity index is 563. The van der Waals surface area contributed by atoms with Gasteiger partial charge in [0.2, 0.25) is 0 Å². The number of nitrogen functional groups attached to an aromatic ring is 1. The van der Waals surface area contributed by atoms with Crippen LogP contribution in [0.25, 0.3) is 0 Å². The summed E-state index contributed by atoms with van der Waals surface area (Å²) in [5.41, 5.74) is 11.8. The average Bonchev–Trinajstić information content (AvgIpc) is 2.74. The molecule has 3 heteroatoms. The van der Waals surface area contributed by atoms with E-state index in [4.69, 9.17) is 5.73 Å². The maximum Gasteiger partial charge on any atom is 0.0602 e. The summed E-state index contributed by atoms with van der Waals surface area (Å²) in [5, 5.41) is 0. The molecule has 2 N–H and O–H groups in total. The van der Waals surface area contributed by atoms with Crippen molar-refractivity contribution in [1.29, 1.82) is 0 Å². The molecule has 0 radical (unpaired) electrons. The van der Waals surface area contributed by atoms with Crippen LogP contribution in [0.1, 0.15) is 16.8 Å². The third-order valence-electron chi connectivity index (χ3n) is 3.54. The molecule has 0 fully saturated rings. The van der Waals surface area contributed by atoms with Gasteiger partial charge in [0, 0.05) is 24.1 Å². The van der Waals surface area contributed by atoms with Gasteiger partial charge in [-0.2, -0.15) is 0 Å². The van der Waals surface area contributed by atoms with E-state index in [-0.39, 0.29) is 0 Å². The minimum Gasteiger partial charge on any atom is -0.398 e. The van der Waals surface area contributed by atoms with Crippen molar-refractivity contribution in [2.24, 2.45) is 0 Å². The number of aromatic nitrogens is 1. The molecule has 2 heterocycles. The van der Waals surface area contributed by atoms with Gasteiger partial charge < -0.3 is 10.6 Å². The molecule has 3 rings (SSSR count). The number of rotatable bonds is 2. The van der Waals surface area contributed by atoms with Crippen molar-refractivity contribution in [3.05, 3.63) is 53.3 Å². The van der Waals surface area contributed by atoms with Gasteiger partial charge in [-0.15, -0.1) is 0 Å². The summed E-state index contributed by atoms with van der Waals surface area (Å²) in [4.78, 5) is 6.74. The number of pyridine rings is 1. The highest BCUT2D eigenvalue weighted by Gasteiger charge is 2.20. The van der Waals surface area contributed by atoms with Gasteiger partial charge in [-0.25, -0.2) is 0 Å². The lowest BCUT2D eigenvalue weighted by atomic mass is 10.1. The van der Waals surface area contributed by atoms with E-state index in [9.17, 15) is 0 Å². The number of aryl methyl sites for hydroxylation is 1. The third kappa shape index (κ3) is 1.92. The van der Waals surface area contributed by atoms with Crippen LogP contribution >= 0.6 is 0 Å². The Kier molecular flexibility index (Phi) is 2.67. The van der Waals surface area contributed by atoms with Gasteiger partial charge in [0.25, 0.3) is 0 Å². The van der Waals surface area contributed by atoms with Gasteiger partial charge in [0.1, 0.15) is 0 Å². The van der Waals surface area contributed by atoms with Crippen LogP contribution in [0.4, 0.5) is 11.4 Å². The molecule has 0 bridgehead atoms. The molecule has 1 aromatic carbocycles. The summed E-state index contributed by atoms with van der Waals surface area (Å²) >= 11 is 0. The van der Waals surface area contributed by atoms with E-state index in [1.165, 1.54) is 16.8 Å². The van der Waals surface area contributed by atoms with Crippen molar-refractivity contribution >= 4 is 11.4 Å². The zero-order valence-corrected chi connectivity index (χ0v) is 10.6. The standard InChI is InChI=1S/C15H17N3/c1-11-8-12-5-7-18(15(12)9-14(11)16)10-13-4-2-3-6-17-13/h2-4,6,8-9H,5,7,10,16H2,1H3. The number of benzene rings is 1. The van der Waals surface area contributed by atoms with Crippen LogP contribution in [0.5, 0.6) is 0 Å². The van der Waals surface area contributed by atoms with E-state index in [0.717, 1.165) is 30.9 Å². The molecular weight excluding hydrogens is 222 g/mol. The minimum atomic E-state index is 0.857. The number of hydrogen-bond acceptors (Lipinski definition) is 3. The van der Waals surface area contributed by atoms with Crippen LogP contribution in [-0.4, -0.2) is 11.5 Å². The first kappa shape index (κ1) is 11.1. The second-order valence-corrected chi connectivity index (χ2v) is 4.83. The molecule has 1 aliphatic heterocycles. The Morgan fingerprint density at radius 3 is 3.00 bits per heavy atom. The molecule has 2 aromatic rings. The molecule has 1 aliphatic rings. The van der Waals surface area contributed by atoms with Crippen molar-refractivity contribution in [2.45, 2.75) is 19.9 Å². The van der Waals surface area contributed by atoms with Crippen LogP contribution in [0.15, 0.2) is 36.5 Å². The molecule has 1 aromatic heterocycles. The predicted octanol–water partition coefficient (Wildman–Crippen LogP) is 2.53. The summed E-state index contributed by atoms with van der Waals surface area (Å²) < 4.78 is 0. The number of nitrogens with two attached hydrogens (primary N) is 1. The Morgan fingerprint density at radius 1 is 1.33 bits per heavy atom. The molecule has 0 saturated heterocycles. The normalized spacial score (nSPS) is 13.7. The van der Waals surface area contributed by atoms with Crippen molar-refractivity contribution in [2.75, 3.05) is 17.2 Å². The Labute approximate surface area is 107 Å². The van der Waals surface area contributed by atoms with Crippen molar-refractivity contribution in [3.63, 3.8) is 0 Å². The number of fused-ring (bicyclic) bond motifs is 1. The van der Waals surface area contributed by atoms with Crippen LogP contribution < -0.4 is 10.6 Å². The Morgan fingerprint density at radius 2 is 2.22 bits per heavy atom. The molecule has 0 spiro atoms. The maximum absolute atomic E-state index is 6.01. The maximum atomic E-state index is 6.01. The Hall–Kier alpha value is -2.03. The number of nitrogens with zero attached hydrogens (tertiary/aromatic N) is 2. The number of anilines is 2. The highest BCUT2D eigenvalue weighted by molar-refractivity contribution is 5.67. The third-order valence-corrected chi connectivity index (χ3v) is 3.54. The van der Waals surface area contributed by atoms with Gasteiger partial charge >= 0.3 is 0 Å². The molecule has 0 atom stereocenters. The molecule has 18 heavy (non-hydrogen) atoms. The lowest BCUT2D eigenvalue weighted by Crippen LogP contribution is -2.20. The SMILES string of the molecule is Cc1cc2c(cc1N)N(Cc1ccccn1)CC2. The van der Waals surface area contributed by atoms with Crippen molar-refractivity contribution in [1.82, 2.24) is 4.98 Å². The fourth-order valence-corrected chi connectivity index (χ4v) is 2.49. The van der Waals surface area contributed by atoms with E-state index in [1.54, 1.807) is 0 Å². The lowest BCUT2D eigenvalue weighted by Gasteiger charge is -2.19. The topological polar surface area (TPSA) is 42.1 Å². The molecular formula is C15H17N3. The quantitative estimate of drug-likeness (QED) is 0.819. The van der Waals surface area contributed by atoms with Crippen molar-refractivity contribution < 1.29 is 0 Å². The predicted molar refractivity (Wildman–Crippen MR) is 74.6 cm³/mol. The first-order valence-corrected chi connectivity index (χ1v) is 6.28. The van der Waals surface area contributed by atoms with Gasteiger partial charge in [-0.05, 0) is 42.7 Å². The van der Waals surface area contributed by atoms with E-state index in [1.807, 2.05) is 18.3 Å². The summed E-state index contributed by atoms with van der Waals surface area (Å²) in [7, 11) is 0. The van der Waals surface area contributed by atoms with Crippen molar-refractivity contribution in [3.8, 4) is 0 Å². The molecule has 0 unspecified atom stereocenters. The van der Waals surface area contributed by atoms with Gasteiger partial charge in [-0.1, -0.05) is 12.1 Å².